The molecule has 6 nitrogen and oxygen atoms in total. The fourth-order valence-electron chi connectivity index (χ4n) is 2.16. The van der Waals surface area contributed by atoms with Crippen LogP contribution in [0, 0.1) is 0 Å². The Kier molecular flexibility index (Phi) is 6.54. The summed E-state index contributed by atoms with van der Waals surface area (Å²) in [7, 11) is 1.64. The standard InChI is InChI=1S/C18H24N4O2/c1-4-13(2)22-18-20-11-15(12-21-18)17(23)19-10-9-14-7-5-6-8-16(14)24-3/h5-8,11-13H,4,9-10H2,1-3H3,(H,19,23)(H,20,21,22). The van der Waals surface area contributed by atoms with Gasteiger partial charge in [-0.15, -0.1) is 0 Å². The second-order valence-electron chi connectivity index (χ2n) is 5.57. The third-order valence-corrected chi connectivity index (χ3v) is 3.77. The molecule has 2 aromatic rings. The van der Waals surface area contributed by atoms with E-state index in [-0.39, 0.29) is 5.91 Å². The number of nitrogens with zero attached hydrogens (tertiary/aromatic N) is 2. The number of ether oxygens (including phenoxy) is 1. The number of methoxy groups -OCH3 is 1. The van der Waals surface area contributed by atoms with Gasteiger partial charge in [0.25, 0.3) is 5.91 Å². The molecule has 2 N–H and O–H groups in total. The molecule has 1 aromatic carbocycles. The van der Waals surface area contributed by atoms with Crippen molar-refractivity contribution in [3.63, 3.8) is 0 Å². The van der Waals surface area contributed by atoms with Gasteiger partial charge in [0.15, 0.2) is 0 Å². The van der Waals surface area contributed by atoms with Crippen molar-refractivity contribution >= 4 is 11.9 Å². The predicted molar refractivity (Wildman–Crippen MR) is 94.4 cm³/mol. The van der Waals surface area contributed by atoms with E-state index >= 15 is 0 Å². The minimum Gasteiger partial charge on any atom is -0.496 e. The Labute approximate surface area is 142 Å². The molecule has 1 atom stereocenters. The molecule has 0 radical (unpaired) electrons. The second kappa shape index (κ2) is 8.86. The van der Waals surface area contributed by atoms with E-state index in [1.165, 1.54) is 12.4 Å². The Hall–Kier alpha value is -2.63. The lowest BCUT2D eigenvalue weighted by atomic mass is 10.1. The highest BCUT2D eigenvalue weighted by Crippen LogP contribution is 2.17. The Morgan fingerprint density at radius 3 is 2.62 bits per heavy atom. The SMILES string of the molecule is CCC(C)Nc1ncc(C(=O)NCCc2ccccc2OC)cn1. The number of anilines is 1. The molecule has 1 aromatic heterocycles. The van der Waals surface area contributed by atoms with E-state index in [1.807, 2.05) is 24.3 Å². The van der Waals surface area contributed by atoms with E-state index in [4.69, 9.17) is 4.74 Å². The lowest BCUT2D eigenvalue weighted by molar-refractivity contribution is 0.0953. The minimum atomic E-state index is -0.181. The lowest BCUT2D eigenvalue weighted by Crippen LogP contribution is -2.26. The zero-order valence-corrected chi connectivity index (χ0v) is 14.4. The van der Waals surface area contributed by atoms with E-state index in [1.54, 1.807) is 7.11 Å². The van der Waals surface area contributed by atoms with Gasteiger partial charge in [-0.25, -0.2) is 9.97 Å². The van der Waals surface area contributed by atoms with Crippen LogP contribution in [0.4, 0.5) is 5.95 Å². The van der Waals surface area contributed by atoms with Gasteiger partial charge >= 0.3 is 0 Å². The van der Waals surface area contributed by atoms with Crippen LogP contribution in [0.15, 0.2) is 36.7 Å². The van der Waals surface area contributed by atoms with Crippen molar-refractivity contribution in [2.75, 3.05) is 19.0 Å². The van der Waals surface area contributed by atoms with Gasteiger partial charge < -0.3 is 15.4 Å². The summed E-state index contributed by atoms with van der Waals surface area (Å²) in [6.07, 6.45) is 4.76. The smallest absolute Gasteiger partial charge is 0.254 e. The molecule has 128 valence electrons. The zero-order chi connectivity index (χ0) is 17.4. The molecule has 0 saturated carbocycles. The van der Waals surface area contributed by atoms with E-state index < -0.39 is 0 Å². The van der Waals surface area contributed by atoms with Crippen LogP contribution >= 0.6 is 0 Å². The van der Waals surface area contributed by atoms with Crippen molar-refractivity contribution in [3.8, 4) is 5.75 Å². The summed E-state index contributed by atoms with van der Waals surface area (Å²) in [4.78, 5) is 20.5. The van der Waals surface area contributed by atoms with Gasteiger partial charge in [0.2, 0.25) is 5.95 Å². The molecule has 2 rings (SSSR count). The molecule has 1 unspecified atom stereocenters. The first-order valence-electron chi connectivity index (χ1n) is 8.12. The molecule has 0 bridgehead atoms. The maximum atomic E-state index is 12.1. The van der Waals surface area contributed by atoms with Crippen LogP contribution in [0.5, 0.6) is 5.75 Å². The monoisotopic (exact) mass is 328 g/mol. The van der Waals surface area contributed by atoms with Crippen molar-refractivity contribution in [1.82, 2.24) is 15.3 Å². The summed E-state index contributed by atoms with van der Waals surface area (Å²) < 4.78 is 5.30. The topological polar surface area (TPSA) is 76.1 Å². The summed E-state index contributed by atoms with van der Waals surface area (Å²) in [5.41, 5.74) is 1.51. The van der Waals surface area contributed by atoms with Crippen molar-refractivity contribution in [2.24, 2.45) is 0 Å². The summed E-state index contributed by atoms with van der Waals surface area (Å²) in [5.74, 6) is 1.19. The van der Waals surface area contributed by atoms with E-state index in [9.17, 15) is 4.79 Å². The number of nitrogens with one attached hydrogen (secondary N) is 2. The minimum absolute atomic E-state index is 0.181. The average molecular weight is 328 g/mol. The Morgan fingerprint density at radius 1 is 1.25 bits per heavy atom. The van der Waals surface area contributed by atoms with Gasteiger partial charge in [0.05, 0.1) is 12.7 Å². The number of hydrogen-bond donors (Lipinski definition) is 2. The van der Waals surface area contributed by atoms with Crippen molar-refractivity contribution in [1.29, 1.82) is 0 Å². The number of aromatic nitrogens is 2. The second-order valence-corrected chi connectivity index (χ2v) is 5.57. The number of hydrogen-bond acceptors (Lipinski definition) is 5. The van der Waals surface area contributed by atoms with Gasteiger partial charge in [0.1, 0.15) is 5.75 Å². The molecule has 0 aliphatic heterocycles. The highest BCUT2D eigenvalue weighted by Gasteiger charge is 2.08. The first-order valence-corrected chi connectivity index (χ1v) is 8.12. The van der Waals surface area contributed by atoms with Gasteiger partial charge in [-0.2, -0.15) is 0 Å². The largest absolute Gasteiger partial charge is 0.496 e. The molecule has 0 fully saturated rings. The number of rotatable bonds is 8. The highest BCUT2D eigenvalue weighted by atomic mass is 16.5. The molecular weight excluding hydrogens is 304 g/mol. The number of carbonyl (C=O) groups excluding carboxylic acids is 1. The van der Waals surface area contributed by atoms with Crippen LogP contribution in [0.1, 0.15) is 36.2 Å². The molecule has 0 aliphatic rings. The number of carbonyl (C=O) groups is 1. The van der Waals surface area contributed by atoms with Crippen LogP contribution in [-0.4, -0.2) is 35.6 Å². The van der Waals surface area contributed by atoms with Crippen molar-refractivity contribution < 1.29 is 9.53 Å². The van der Waals surface area contributed by atoms with Crippen LogP contribution in [0.2, 0.25) is 0 Å². The number of benzene rings is 1. The quantitative estimate of drug-likeness (QED) is 0.779. The van der Waals surface area contributed by atoms with Crippen molar-refractivity contribution in [3.05, 3.63) is 47.8 Å². The molecule has 0 saturated heterocycles. The normalized spacial score (nSPS) is 11.6. The summed E-state index contributed by atoms with van der Waals surface area (Å²) in [6.45, 7) is 4.66. The Morgan fingerprint density at radius 2 is 1.96 bits per heavy atom. The Balaban J connectivity index is 1.86. The van der Waals surface area contributed by atoms with Crippen LogP contribution in [0.25, 0.3) is 0 Å². The fourth-order valence-corrected chi connectivity index (χ4v) is 2.16. The molecular formula is C18H24N4O2. The average Bonchev–Trinajstić information content (AvgIpc) is 2.62. The first kappa shape index (κ1) is 17.7. The number of amides is 1. The maximum Gasteiger partial charge on any atom is 0.254 e. The number of para-hydroxylation sites is 1. The van der Waals surface area contributed by atoms with Gasteiger partial charge in [-0.3, -0.25) is 4.79 Å². The Bertz CT molecular complexity index is 658. The van der Waals surface area contributed by atoms with Crippen LogP contribution < -0.4 is 15.4 Å². The molecule has 1 amide bonds. The van der Waals surface area contributed by atoms with Gasteiger partial charge in [-0.1, -0.05) is 25.1 Å². The predicted octanol–water partition coefficient (Wildman–Crippen LogP) is 2.67. The van der Waals surface area contributed by atoms with Gasteiger partial charge in [0, 0.05) is 25.0 Å². The van der Waals surface area contributed by atoms with Crippen LogP contribution in [-0.2, 0) is 6.42 Å². The van der Waals surface area contributed by atoms with Crippen LogP contribution in [0.3, 0.4) is 0 Å². The lowest BCUT2D eigenvalue weighted by Gasteiger charge is -2.11. The summed E-state index contributed by atoms with van der Waals surface area (Å²) >= 11 is 0. The first-order chi connectivity index (χ1) is 11.6. The molecule has 0 spiro atoms. The molecule has 6 heteroatoms. The summed E-state index contributed by atoms with van der Waals surface area (Å²) in [6, 6.07) is 8.08. The highest BCUT2D eigenvalue weighted by molar-refractivity contribution is 5.93. The molecule has 1 heterocycles. The van der Waals surface area contributed by atoms with E-state index in [2.05, 4.69) is 34.4 Å². The maximum absolute atomic E-state index is 12.1. The fraction of sp³-hybridized carbons (Fsp3) is 0.389. The zero-order valence-electron chi connectivity index (χ0n) is 14.4. The van der Waals surface area contributed by atoms with E-state index in [0.717, 1.165) is 17.7 Å². The van der Waals surface area contributed by atoms with Gasteiger partial charge in [-0.05, 0) is 31.4 Å². The molecule has 0 aliphatic carbocycles. The third-order valence-electron chi connectivity index (χ3n) is 3.77. The van der Waals surface area contributed by atoms with Crippen molar-refractivity contribution in [2.45, 2.75) is 32.7 Å². The summed E-state index contributed by atoms with van der Waals surface area (Å²) in [5, 5.41) is 6.04. The van der Waals surface area contributed by atoms with E-state index in [0.29, 0.717) is 30.5 Å². The molecule has 24 heavy (non-hydrogen) atoms. The third kappa shape index (κ3) is 4.94.